The van der Waals surface area contributed by atoms with Crippen molar-refractivity contribution in [3.8, 4) is 5.88 Å². The van der Waals surface area contributed by atoms with Crippen LogP contribution in [0.4, 0.5) is 0 Å². The molecule has 0 aliphatic heterocycles. The summed E-state index contributed by atoms with van der Waals surface area (Å²) in [7, 11) is 0. The first-order valence-corrected chi connectivity index (χ1v) is 7.04. The van der Waals surface area contributed by atoms with Gasteiger partial charge in [-0.25, -0.2) is 4.98 Å². The van der Waals surface area contributed by atoms with E-state index in [1.54, 1.807) is 17.4 Å². The van der Waals surface area contributed by atoms with E-state index in [4.69, 9.17) is 0 Å². The zero-order valence-electron chi connectivity index (χ0n) is 10.1. The number of imidazole rings is 1. The number of aromatic nitrogens is 2. The Kier molecular flexibility index (Phi) is 3.70. The average Bonchev–Trinajstić information content (AvgIpc) is 2.69. The van der Waals surface area contributed by atoms with Crippen LogP contribution in [0.25, 0.3) is 11.7 Å². The van der Waals surface area contributed by atoms with Crippen molar-refractivity contribution in [2.24, 2.45) is 0 Å². The molecule has 2 rings (SSSR count). The Hall–Kier alpha value is -1.37. The summed E-state index contributed by atoms with van der Waals surface area (Å²) in [6.07, 6.45) is 4.56. The molecule has 2 aromatic rings. The summed E-state index contributed by atoms with van der Waals surface area (Å²) in [5.74, 6) is 0.102. The Labute approximate surface area is 118 Å². The van der Waals surface area contributed by atoms with E-state index in [0.717, 1.165) is 27.7 Å². The number of halogens is 1. The zero-order valence-corrected chi connectivity index (χ0v) is 12.3. The normalized spacial score (nSPS) is 11.5. The summed E-state index contributed by atoms with van der Waals surface area (Å²) in [6, 6.07) is 1.59. The molecule has 0 amide bonds. The Morgan fingerprint density at radius 3 is 2.83 bits per heavy atom. The minimum Gasteiger partial charge on any atom is -0.494 e. The Morgan fingerprint density at radius 2 is 2.28 bits per heavy atom. The highest BCUT2D eigenvalue weighted by molar-refractivity contribution is 14.1. The first-order chi connectivity index (χ1) is 8.63. The van der Waals surface area contributed by atoms with Crippen LogP contribution in [0.1, 0.15) is 34.2 Å². The van der Waals surface area contributed by atoms with Gasteiger partial charge in [-0.05, 0) is 25.5 Å². The highest BCUT2D eigenvalue weighted by Crippen LogP contribution is 2.26. The summed E-state index contributed by atoms with van der Waals surface area (Å²) in [5, 5.41) is 10.1. The summed E-state index contributed by atoms with van der Waals surface area (Å²) < 4.78 is 2.33. The van der Waals surface area contributed by atoms with Gasteiger partial charge in [-0.3, -0.25) is 9.20 Å². The van der Waals surface area contributed by atoms with Crippen LogP contribution in [0.2, 0.25) is 0 Å². The third-order valence-corrected chi connectivity index (χ3v) is 3.52. The molecule has 18 heavy (non-hydrogen) atoms. The van der Waals surface area contributed by atoms with E-state index in [1.807, 2.05) is 19.1 Å². The molecule has 0 atom stereocenters. The summed E-state index contributed by atoms with van der Waals surface area (Å²) in [5.41, 5.74) is 3.45. The van der Waals surface area contributed by atoms with Crippen LogP contribution < -0.4 is 0 Å². The first-order valence-electron chi connectivity index (χ1n) is 5.51. The number of fused-ring (bicyclic) bond motifs is 1. The lowest BCUT2D eigenvalue weighted by atomic mass is 10.1. The van der Waals surface area contributed by atoms with Gasteiger partial charge in [0.2, 0.25) is 0 Å². The number of carbonyl (C=O) groups is 1. The second-order valence-electron chi connectivity index (χ2n) is 3.95. The summed E-state index contributed by atoms with van der Waals surface area (Å²) in [4.78, 5) is 15.6. The molecule has 94 valence electrons. The maximum absolute atomic E-state index is 11.2. The quantitative estimate of drug-likeness (QED) is 0.522. The lowest BCUT2D eigenvalue weighted by Crippen LogP contribution is -1.97. The molecule has 1 N–H and O–H groups in total. The predicted octanol–water partition coefficient (Wildman–Crippen LogP) is 3.13. The second-order valence-corrected chi connectivity index (χ2v) is 4.72. The van der Waals surface area contributed by atoms with Crippen LogP contribution in [-0.2, 0) is 4.43 Å². The second kappa shape index (κ2) is 5.09. The van der Waals surface area contributed by atoms with Crippen molar-refractivity contribution in [3.63, 3.8) is 0 Å². The number of aldehydes is 1. The van der Waals surface area contributed by atoms with Crippen molar-refractivity contribution in [2.45, 2.75) is 18.3 Å². The number of pyridine rings is 1. The van der Waals surface area contributed by atoms with Crippen LogP contribution >= 0.6 is 22.6 Å². The molecule has 0 bridgehead atoms. The van der Waals surface area contributed by atoms with Gasteiger partial charge in [0, 0.05) is 10.5 Å². The number of hydrogen-bond donors (Lipinski definition) is 1. The lowest BCUT2D eigenvalue weighted by molar-refractivity contribution is 0.112. The van der Waals surface area contributed by atoms with E-state index in [1.165, 1.54) is 0 Å². The van der Waals surface area contributed by atoms with Crippen molar-refractivity contribution in [1.29, 1.82) is 0 Å². The molecule has 0 aromatic carbocycles. The van der Waals surface area contributed by atoms with Crippen LogP contribution in [0, 0.1) is 6.92 Å². The van der Waals surface area contributed by atoms with E-state index in [2.05, 4.69) is 27.6 Å². The molecule has 0 aliphatic carbocycles. The van der Waals surface area contributed by atoms with Crippen LogP contribution in [0.3, 0.4) is 0 Å². The molecule has 0 unspecified atom stereocenters. The molecule has 2 heterocycles. The molecule has 5 heteroatoms. The Morgan fingerprint density at radius 1 is 1.56 bits per heavy atom. The maximum Gasteiger partial charge on any atom is 0.197 e. The van der Waals surface area contributed by atoms with E-state index >= 15 is 0 Å². The fourth-order valence-corrected chi connectivity index (χ4v) is 2.54. The number of aryl methyl sites for hydroxylation is 1. The zero-order chi connectivity index (χ0) is 13.3. The Bertz CT molecular complexity index is 644. The third-order valence-electron chi connectivity index (χ3n) is 2.80. The molecule has 0 saturated carbocycles. The van der Waals surface area contributed by atoms with Crippen LogP contribution in [-0.4, -0.2) is 20.8 Å². The smallest absolute Gasteiger partial charge is 0.197 e. The highest BCUT2D eigenvalue weighted by atomic mass is 127. The lowest BCUT2D eigenvalue weighted by Gasteiger charge is -2.05. The average molecular weight is 356 g/mol. The predicted molar refractivity (Wildman–Crippen MR) is 79.4 cm³/mol. The number of nitrogens with zero attached hydrogens (tertiary/aromatic N) is 2. The van der Waals surface area contributed by atoms with E-state index < -0.39 is 0 Å². The van der Waals surface area contributed by atoms with E-state index in [9.17, 15) is 9.90 Å². The maximum atomic E-state index is 11.2. The number of rotatable bonds is 3. The fraction of sp³-hybridized carbons (Fsp3) is 0.231. The monoisotopic (exact) mass is 356 g/mol. The van der Waals surface area contributed by atoms with Gasteiger partial charge in [-0.1, -0.05) is 28.7 Å². The van der Waals surface area contributed by atoms with Crippen molar-refractivity contribution in [1.82, 2.24) is 9.38 Å². The minimum atomic E-state index is 0.102. The number of hydrogen-bond acceptors (Lipinski definition) is 3. The van der Waals surface area contributed by atoms with Gasteiger partial charge in [-0.15, -0.1) is 0 Å². The standard InChI is InChI=1S/C13H13IN2O2/c1-3-4-11-10(6-14)15-13-9(7-17)8(2)5-12(18)16(11)13/h3-5,7,18H,6H2,1-2H3/b4-3-. The topological polar surface area (TPSA) is 54.6 Å². The van der Waals surface area contributed by atoms with Gasteiger partial charge in [0.05, 0.1) is 17.0 Å². The number of allylic oxidation sites excluding steroid dienone is 1. The largest absolute Gasteiger partial charge is 0.494 e. The summed E-state index contributed by atoms with van der Waals surface area (Å²) in [6.45, 7) is 3.69. The number of aromatic hydroxyl groups is 1. The number of carbonyl (C=O) groups excluding carboxylic acids is 1. The van der Waals surface area contributed by atoms with E-state index in [0.29, 0.717) is 11.2 Å². The van der Waals surface area contributed by atoms with Gasteiger partial charge in [-0.2, -0.15) is 0 Å². The third kappa shape index (κ3) is 1.92. The molecular weight excluding hydrogens is 343 g/mol. The van der Waals surface area contributed by atoms with Crippen LogP contribution in [0.15, 0.2) is 12.1 Å². The van der Waals surface area contributed by atoms with Gasteiger partial charge in [0.15, 0.2) is 17.8 Å². The van der Waals surface area contributed by atoms with E-state index in [-0.39, 0.29) is 5.88 Å². The van der Waals surface area contributed by atoms with Gasteiger partial charge >= 0.3 is 0 Å². The molecule has 4 nitrogen and oxygen atoms in total. The molecular formula is C13H13IN2O2. The minimum absolute atomic E-state index is 0.102. The highest BCUT2D eigenvalue weighted by Gasteiger charge is 2.16. The summed E-state index contributed by atoms with van der Waals surface area (Å²) >= 11 is 2.22. The molecule has 0 aliphatic rings. The SMILES string of the molecule is C/C=C\c1c(CI)nc2c(C=O)c(C)cc(O)n12. The molecule has 0 radical (unpaired) electrons. The number of alkyl halides is 1. The first kappa shape index (κ1) is 13.1. The molecule has 0 saturated heterocycles. The molecule has 0 spiro atoms. The van der Waals surface area contributed by atoms with Gasteiger partial charge in [0.25, 0.3) is 0 Å². The molecule has 0 fully saturated rings. The van der Waals surface area contributed by atoms with Crippen molar-refractivity contribution < 1.29 is 9.90 Å². The van der Waals surface area contributed by atoms with Crippen LogP contribution in [0.5, 0.6) is 5.88 Å². The Balaban J connectivity index is 2.96. The van der Waals surface area contributed by atoms with Crippen molar-refractivity contribution in [2.75, 3.05) is 0 Å². The van der Waals surface area contributed by atoms with Crippen molar-refractivity contribution in [3.05, 3.63) is 34.7 Å². The molecule has 2 aromatic heterocycles. The van der Waals surface area contributed by atoms with Gasteiger partial charge in [0.1, 0.15) is 0 Å². The van der Waals surface area contributed by atoms with Crippen molar-refractivity contribution >= 4 is 40.6 Å². The van der Waals surface area contributed by atoms with Gasteiger partial charge < -0.3 is 5.11 Å². The fourth-order valence-electron chi connectivity index (χ4n) is 1.98.